The minimum absolute atomic E-state index is 0.193. The van der Waals surface area contributed by atoms with E-state index in [1.807, 2.05) is 20.8 Å². The summed E-state index contributed by atoms with van der Waals surface area (Å²) in [5.41, 5.74) is 2.89. The van der Waals surface area contributed by atoms with Crippen LogP contribution in [-0.2, 0) is 4.74 Å². The summed E-state index contributed by atoms with van der Waals surface area (Å²) in [5.74, 6) is 5.38. The third-order valence-electron chi connectivity index (χ3n) is 3.14. The lowest BCUT2D eigenvalue weighted by molar-refractivity contribution is -0.0129. The van der Waals surface area contributed by atoms with Crippen LogP contribution in [-0.4, -0.2) is 20.3 Å². The number of nitrogens with two attached hydrogens (primary N) is 1. The highest BCUT2D eigenvalue weighted by Gasteiger charge is 2.34. The molecule has 0 fully saturated rings. The van der Waals surface area contributed by atoms with Crippen LogP contribution in [0.1, 0.15) is 32.4 Å². The molecule has 108 valence electrons. The van der Waals surface area contributed by atoms with Crippen LogP contribution < -0.4 is 16.0 Å². The van der Waals surface area contributed by atoms with E-state index in [-0.39, 0.29) is 17.3 Å². The van der Waals surface area contributed by atoms with Gasteiger partial charge in [-0.05, 0) is 11.5 Å². The zero-order chi connectivity index (χ0) is 14.6. The average molecular weight is 270 g/mol. The maximum absolute atomic E-state index is 14.3. The van der Waals surface area contributed by atoms with E-state index in [1.54, 1.807) is 25.3 Å². The van der Waals surface area contributed by atoms with Gasteiger partial charge in [0.15, 0.2) is 11.6 Å². The first-order valence-electron chi connectivity index (χ1n) is 6.18. The van der Waals surface area contributed by atoms with Crippen LogP contribution in [0.25, 0.3) is 0 Å². The van der Waals surface area contributed by atoms with E-state index in [1.165, 1.54) is 7.11 Å². The van der Waals surface area contributed by atoms with Crippen molar-refractivity contribution in [1.29, 1.82) is 0 Å². The molecule has 0 bridgehead atoms. The van der Waals surface area contributed by atoms with Crippen LogP contribution in [0.15, 0.2) is 18.2 Å². The van der Waals surface area contributed by atoms with E-state index >= 15 is 0 Å². The first-order chi connectivity index (χ1) is 8.86. The average Bonchev–Trinajstić information content (AvgIpc) is 2.35. The van der Waals surface area contributed by atoms with Gasteiger partial charge in [0, 0.05) is 12.7 Å². The van der Waals surface area contributed by atoms with E-state index in [0.717, 1.165) is 0 Å². The lowest BCUT2D eigenvalue weighted by Gasteiger charge is -2.36. The Morgan fingerprint density at radius 2 is 1.89 bits per heavy atom. The van der Waals surface area contributed by atoms with E-state index in [9.17, 15) is 4.39 Å². The number of benzene rings is 1. The summed E-state index contributed by atoms with van der Waals surface area (Å²) in [6.07, 6.45) is -0.279. The van der Waals surface area contributed by atoms with Gasteiger partial charge < -0.3 is 9.47 Å². The second-order valence-corrected chi connectivity index (χ2v) is 5.53. The molecule has 1 aromatic carbocycles. The summed E-state index contributed by atoms with van der Waals surface area (Å²) in [6.45, 7) is 6.05. The molecule has 5 heteroatoms. The molecule has 0 aliphatic rings. The Labute approximate surface area is 114 Å². The van der Waals surface area contributed by atoms with Gasteiger partial charge in [-0.3, -0.25) is 11.3 Å². The molecule has 0 amide bonds. The Morgan fingerprint density at radius 3 is 2.32 bits per heavy atom. The van der Waals surface area contributed by atoms with Gasteiger partial charge in [-0.1, -0.05) is 32.9 Å². The monoisotopic (exact) mass is 270 g/mol. The van der Waals surface area contributed by atoms with Crippen molar-refractivity contribution >= 4 is 0 Å². The van der Waals surface area contributed by atoms with Crippen molar-refractivity contribution in [3.8, 4) is 5.75 Å². The molecule has 0 saturated carbocycles. The summed E-state index contributed by atoms with van der Waals surface area (Å²) in [4.78, 5) is 0. The van der Waals surface area contributed by atoms with E-state index in [2.05, 4.69) is 5.43 Å². The minimum atomic E-state index is -0.458. The van der Waals surface area contributed by atoms with Gasteiger partial charge in [-0.2, -0.15) is 0 Å². The number of methoxy groups -OCH3 is 2. The van der Waals surface area contributed by atoms with E-state index < -0.39 is 11.9 Å². The predicted molar refractivity (Wildman–Crippen MR) is 73.3 cm³/mol. The topological polar surface area (TPSA) is 56.5 Å². The lowest BCUT2D eigenvalue weighted by atomic mass is 9.82. The Hall–Kier alpha value is -1.17. The van der Waals surface area contributed by atoms with Gasteiger partial charge in [0.2, 0.25) is 0 Å². The molecule has 0 spiro atoms. The lowest BCUT2D eigenvalue weighted by Crippen LogP contribution is -2.44. The van der Waals surface area contributed by atoms with Crippen molar-refractivity contribution < 1.29 is 13.9 Å². The second-order valence-electron chi connectivity index (χ2n) is 5.53. The third-order valence-corrected chi connectivity index (χ3v) is 3.14. The number of ether oxygens (including phenoxy) is 2. The van der Waals surface area contributed by atoms with Crippen molar-refractivity contribution in [2.45, 2.75) is 32.9 Å². The van der Waals surface area contributed by atoms with Crippen LogP contribution in [0.4, 0.5) is 4.39 Å². The van der Waals surface area contributed by atoms with Crippen LogP contribution in [0, 0.1) is 11.2 Å². The molecule has 2 unspecified atom stereocenters. The Kier molecular flexibility index (Phi) is 5.29. The fourth-order valence-electron chi connectivity index (χ4n) is 2.26. The molecule has 2 atom stereocenters. The quantitative estimate of drug-likeness (QED) is 0.637. The molecule has 0 heterocycles. The fraction of sp³-hybridized carbons (Fsp3) is 0.571. The first kappa shape index (κ1) is 15.9. The minimum Gasteiger partial charge on any atom is -0.494 e. The van der Waals surface area contributed by atoms with Crippen molar-refractivity contribution in [3.05, 3.63) is 29.6 Å². The summed E-state index contributed by atoms with van der Waals surface area (Å²) in [5, 5.41) is 0. The predicted octanol–water partition coefficient (Wildman–Crippen LogP) is 2.40. The highest BCUT2D eigenvalue weighted by atomic mass is 19.1. The summed E-state index contributed by atoms with van der Waals surface area (Å²) >= 11 is 0. The molecule has 4 nitrogen and oxygen atoms in total. The van der Waals surface area contributed by atoms with Crippen LogP contribution >= 0.6 is 0 Å². The normalized spacial score (nSPS) is 15.1. The highest BCUT2D eigenvalue weighted by Crippen LogP contribution is 2.34. The standard InChI is InChI=1S/C14H23FN2O2/c1-14(2,3)13(19-5)12(17-16)9-7-6-8-10(18-4)11(9)15/h6-8,12-13,17H,16H2,1-5H3. The summed E-state index contributed by atoms with van der Waals surface area (Å²) < 4.78 is 24.8. The van der Waals surface area contributed by atoms with E-state index in [0.29, 0.717) is 5.56 Å². The van der Waals surface area contributed by atoms with Crippen LogP contribution in [0.3, 0.4) is 0 Å². The molecule has 1 aromatic rings. The van der Waals surface area contributed by atoms with Gasteiger partial charge in [-0.15, -0.1) is 0 Å². The van der Waals surface area contributed by atoms with Gasteiger partial charge in [0.05, 0.1) is 19.3 Å². The molecule has 0 aliphatic heterocycles. The number of hydrogen-bond acceptors (Lipinski definition) is 4. The maximum Gasteiger partial charge on any atom is 0.169 e. The van der Waals surface area contributed by atoms with Crippen molar-refractivity contribution in [3.63, 3.8) is 0 Å². The fourth-order valence-corrected chi connectivity index (χ4v) is 2.26. The third kappa shape index (κ3) is 3.43. The van der Waals surface area contributed by atoms with Crippen LogP contribution in [0.5, 0.6) is 5.75 Å². The number of hydrogen-bond donors (Lipinski definition) is 2. The Bertz CT molecular complexity index is 418. The number of halogens is 1. The first-order valence-corrected chi connectivity index (χ1v) is 6.18. The Morgan fingerprint density at radius 1 is 1.26 bits per heavy atom. The maximum atomic E-state index is 14.3. The van der Waals surface area contributed by atoms with Crippen molar-refractivity contribution in [1.82, 2.24) is 5.43 Å². The SMILES string of the molecule is COc1cccc(C(NN)C(OC)C(C)(C)C)c1F. The van der Waals surface area contributed by atoms with Gasteiger partial charge >= 0.3 is 0 Å². The molecular formula is C14H23FN2O2. The zero-order valence-electron chi connectivity index (χ0n) is 12.2. The summed E-state index contributed by atoms with van der Waals surface area (Å²) in [7, 11) is 3.03. The van der Waals surface area contributed by atoms with Gasteiger partial charge in [-0.25, -0.2) is 4.39 Å². The molecule has 19 heavy (non-hydrogen) atoms. The highest BCUT2D eigenvalue weighted by molar-refractivity contribution is 5.33. The zero-order valence-corrected chi connectivity index (χ0v) is 12.2. The number of rotatable bonds is 5. The van der Waals surface area contributed by atoms with Gasteiger partial charge in [0.25, 0.3) is 0 Å². The van der Waals surface area contributed by atoms with Crippen molar-refractivity contribution in [2.24, 2.45) is 11.3 Å². The number of nitrogens with one attached hydrogen (secondary N) is 1. The Balaban J connectivity index is 3.23. The van der Waals surface area contributed by atoms with Crippen LogP contribution in [0.2, 0.25) is 0 Å². The molecule has 1 rings (SSSR count). The largest absolute Gasteiger partial charge is 0.494 e. The van der Waals surface area contributed by atoms with E-state index in [4.69, 9.17) is 15.3 Å². The molecular weight excluding hydrogens is 247 g/mol. The molecule has 3 N–H and O–H groups in total. The van der Waals surface area contributed by atoms with Gasteiger partial charge in [0.1, 0.15) is 0 Å². The summed E-state index contributed by atoms with van der Waals surface area (Å²) in [6, 6.07) is 4.53. The smallest absolute Gasteiger partial charge is 0.169 e. The van der Waals surface area contributed by atoms with Crippen molar-refractivity contribution in [2.75, 3.05) is 14.2 Å². The molecule has 0 radical (unpaired) electrons. The molecule has 0 aliphatic carbocycles. The second kappa shape index (κ2) is 6.32. The molecule has 0 aromatic heterocycles. The number of hydrazine groups is 1. The molecule has 0 saturated heterocycles.